The second kappa shape index (κ2) is 4.59. The van der Waals surface area contributed by atoms with E-state index in [4.69, 9.17) is 5.73 Å². The van der Waals surface area contributed by atoms with Crippen LogP contribution < -0.4 is 5.73 Å². The minimum absolute atomic E-state index is 0.323. The fraction of sp³-hybridized carbons (Fsp3) is 0.182. The highest BCUT2D eigenvalue weighted by molar-refractivity contribution is 7.99. The number of nitrogens with one attached hydrogen (secondary N) is 1. The molecule has 1 aromatic carbocycles. The van der Waals surface area contributed by atoms with Gasteiger partial charge in [0.25, 0.3) is 0 Å². The minimum Gasteiger partial charge on any atom is -0.465 e. The van der Waals surface area contributed by atoms with Crippen molar-refractivity contribution in [1.82, 2.24) is 4.98 Å². The van der Waals surface area contributed by atoms with E-state index in [1.54, 1.807) is 12.1 Å². The van der Waals surface area contributed by atoms with Gasteiger partial charge >= 0.3 is 5.97 Å². The molecule has 0 saturated carbocycles. The van der Waals surface area contributed by atoms with E-state index in [0.717, 1.165) is 15.9 Å². The third-order valence-corrected chi connectivity index (χ3v) is 2.95. The quantitative estimate of drug-likeness (QED) is 0.485. The lowest BCUT2D eigenvalue weighted by atomic mass is 10.1. The number of carbonyl (C=O) groups is 1. The SMILES string of the molecule is COC(=O)c1ccc2[nH]c(SCN)cc2c1. The highest BCUT2D eigenvalue weighted by atomic mass is 32.2. The molecule has 0 aliphatic carbocycles. The molecule has 1 aromatic heterocycles. The summed E-state index contributed by atoms with van der Waals surface area (Å²) in [6.07, 6.45) is 0. The van der Waals surface area contributed by atoms with Gasteiger partial charge in [-0.1, -0.05) is 11.8 Å². The maximum absolute atomic E-state index is 11.3. The van der Waals surface area contributed by atoms with Crippen LogP contribution in [0.15, 0.2) is 29.3 Å². The molecule has 2 aromatic rings. The number of carbonyl (C=O) groups excluding carboxylic acids is 1. The maximum Gasteiger partial charge on any atom is 0.337 e. The lowest BCUT2D eigenvalue weighted by molar-refractivity contribution is 0.0601. The van der Waals surface area contributed by atoms with Gasteiger partial charge in [0.1, 0.15) is 0 Å². The lowest BCUT2D eigenvalue weighted by Crippen LogP contribution is -2.00. The molecule has 0 radical (unpaired) electrons. The van der Waals surface area contributed by atoms with Gasteiger partial charge in [-0.25, -0.2) is 4.79 Å². The number of thioether (sulfide) groups is 1. The van der Waals surface area contributed by atoms with Crippen LogP contribution in [0, 0.1) is 0 Å². The number of benzene rings is 1. The Hall–Kier alpha value is -1.46. The molecule has 3 N–H and O–H groups in total. The van der Waals surface area contributed by atoms with Crippen LogP contribution in [0.25, 0.3) is 10.9 Å². The van der Waals surface area contributed by atoms with Gasteiger partial charge in [0.15, 0.2) is 0 Å². The first-order valence-corrected chi connectivity index (χ1v) is 5.77. The number of esters is 1. The van der Waals surface area contributed by atoms with Gasteiger partial charge in [-0.3, -0.25) is 0 Å². The van der Waals surface area contributed by atoms with Crippen molar-refractivity contribution in [2.45, 2.75) is 5.03 Å². The first-order chi connectivity index (χ1) is 7.74. The summed E-state index contributed by atoms with van der Waals surface area (Å²) in [7, 11) is 1.37. The molecular formula is C11H12N2O2S. The van der Waals surface area contributed by atoms with Gasteiger partial charge in [0, 0.05) is 16.8 Å². The predicted octanol–water partition coefficient (Wildman–Crippen LogP) is 1.96. The topological polar surface area (TPSA) is 68.1 Å². The van der Waals surface area contributed by atoms with Crippen molar-refractivity contribution in [2.24, 2.45) is 5.73 Å². The number of rotatable bonds is 3. The molecule has 84 valence electrons. The molecule has 4 nitrogen and oxygen atoms in total. The molecule has 0 bridgehead atoms. The number of ether oxygens (including phenoxy) is 1. The van der Waals surface area contributed by atoms with Crippen LogP contribution >= 0.6 is 11.8 Å². The smallest absolute Gasteiger partial charge is 0.337 e. The van der Waals surface area contributed by atoms with E-state index in [0.29, 0.717) is 11.4 Å². The summed E-state index contributed by atoms with van der Waals surface area (Å²) in [4.78, 5) is 14.5. The van der Waals surface area contributed by atoms with E-state index in [1.807, 2.05) is 12.1 Å². The number of methoxy groups -OCH3 is 1. The van der Waals surface area contributed by atoms with Gasteiger partial charge in [-0.15, -0.1) is 0 Å². The Morgan fingerprint density at radius 2 is 2.31 bits per heavy atom. The number of H-pyrrole nitrogens is 1. The monoisotopic (exact) mass is 236 g/mol. The molecule has 0 aliphatic rings. The van der Waals surface area contributed by atoms with Crippen LogP contribution in [0.4, 0.5) is 0 Å². The zero-order valence-electron chi connectivity index (χ0n) is 8.82. The van der Waals surface area contributed by atoms with Crippen LogP contribution in [0.2, 0.25) is 0 Å². The first kappa shape index (κ1) is 11.0. The summed E-state index contributed by atoms with van der Waals surface area (Å²) in [6.45, 7) is 0. The van der Waals surface area contributed by atoms with Gasteiger partial charge in [-0.05, 0) is 24.3 Å². The molecule has 0 saturated heterocycles. The average Bonchev–Trinajstić information content (AvgIpc) is 2.69. The van der Waals surface area contributed by atoms with E-state index < -0.39 is 0 Å². The van der Waals surface area contributed by atoms with Crippen molar-refractivity contribution in [3.05, 3.63) is 29.8 Å². The van der Waals surface area contributed by atoms with E-state index in [1.165, 1.54) is 18.9 Å². The summed E-state index contributed by atoms with van der Waals surface area (Å²) < 4.78 is 4.67. The Bertz CT molecular complexity index is 522. The Morgan fingerprint density at radius 1 is 1.50 bits per heavy atom. The molecular weight excluding hydrogens is 224 g/mol. The van der Waals surface area contributed by atoms with Gasteiger partial charge in [-0.2, -0.15) is 0 Å². The van der Waals surface area contributed by atoms with Crippen LogP contribution in [-0.4, -0.2) is 23.9 Å². The molecule has 0 spiro atoms. The van der Waals surface area contributed by atoms with Crippen molar-refractivity contribution in [2.75, 3.05) is 13.0 Å². The second-order valence-electron chi connectivity index (χ2n) is 3.24. The van der Waals surface area contributed by atoms with E-state index in [-0.39, 0.29) is 5.97 Å². The van der Waals surface area contributed by atoms with Crippen molar-refractivity contribution in [3.63, 3.8) is 0 Å². The van der Waals surface area contributed by atoms with Crippen LogP contribution in [0.5, 0.6) is 0 Å². The Morgan fingerprint density at radius 3 is 3.00 bits per heavy atom. The summed E-state index contributed by atoms with van der Waals surface area (Å²) >= 11 is 1.53. The van der Waals surface area contributed by atoms with Crippen LogP contribution in [0.3, 0.4) is 0 Å². The molecule has 16 heavy (non-hydrogen) atoms. The summed E-state index contributed by atoms with van der Waals surface area (Å²) in [5.74, 6) is 0.201. The second-order valence-corrected chi connectivity index (χ2v) is 4.30. The Labute approximate surface area is 97.2 Å². The minimum atomic E-state index is -0.323. The number of hydrogen-bond donors (Lipinski definition) is 2. The van der Waals surface area contributed by atoms with E-state index >= 15 is 0 Å². The molecule has 5 heteroatoms. The zero-order chi connectivity index (χ0) is 11.5. The van der Waals surface area contributed by atoms with Crippen molar-refractivity contribution < 1.29 is 9.53 Å². The third kappa shape index (κ3) is 2.05. The molecule has 0 atom stereocenters. The molecule has 0 unspecified atom stereocenters. The highest BCUT2D eigenvalue weighted by Crippen LogP contribution is 2.23. The van der Waals surface area contributed by atoms with Crippen LogP contribution in [0.1, 0.15) is 10.4 Å². The number of hydrogen-bond acceptors (Lipinski definition) is 4. The number of aromatic amines is 1. The Kier molecular flexibility index (Phi) is 3.17. The third-order valence-electron chi connectivity index (χ3n) is 2.26. The van der Waals surface area contributed by atoms with Crippen molar-refractivity contribution in [3.8, 4) is 0 Å². The van der Waals surface area contributed by atoms with Gasteiger partial charge < -0.3 is 15.5 Å². The Balaban J connectivity index is 2.41. The fourth-order valence-corrected chi connectivity index (χ4v) is 2.09. The molecule has 1 heterocycles. The van der Waals surface area contributed by atoms with Gasteiger partial charge in [0.05, 0.1) is 17.7 Å². The first-order valence-electron chi connectivity index (χ1n) is 4.78. The highest BCUT2D eigenvalue weighted by Gasteiger charge is 2.07. The normalized spacial score (nSPS) is 10.6. The number of fused-ring (bicyclic) bond motifs is 1. The van der Waals surface area contributed by atoms with Crippen molar-refractivity contribution >= 4 is 28.6 Å². The van der Waals surface area contributed by atoms with E-state index in [9.17, 15) is 4.79 Å². The predicted molar refractivity (Wildman–Crippen MR) is 64.5 cm³/mol. The largest absolute Gasteiger partial charge is 0.465 e. The summed E-state index contributed by atoms with van der Waals surface area (Å²) in [6, 6.07) is 7.38. The standard InChI is InChI=1S/C11H12N2O2S/c1-15-11(14)7-2-3-9-8(4-7)5-10(13-9)16-6-12/h2-5,13H,6,12H2,1H3. The number of nitrogens with two attached hydrogens (primary N) is 1. The lowest BCUT2D eigenvalue weighted by Gasteiger charge is -1.98. The molecule has 0 aliphatic heterocycles. The summed E-state index contributed by atoms with van der Waals surface area (Å²) in [5.41, 5.74) is 6.99. The van der Waals surface area contributed by atoms with E-state index in [2.05, 4.69) is 9.72 Å². The maximum atomic E-state index is 11.3. The molecule has 2 rings (SSSR count). The van der Waals surface area contributed by atoms with Crippen molar-refractivity contribution in [1.29, 1.82) is 0 Å². The fourth-order valence-electron chi connectivity index (χ4n) is 1.52. The van der Waals surface area contributed by atoms with Gasteiger partial charge in [0.2, 0.25) is 0 Å². The molecule has 0 fully saturated rings. The zero-order valence-corrected chi connectivity index (χ0v) is 9.64. The van der Waals surface area contributed by atoms with Crippen LogP contribution in [-0.2, 0) is 4.74 Å². The molecule has 0 amide bonds. The number of aromatic nitrogens is 1. The summed E-state index contributed by atoms with van der Waals surface area (Å²) in [5, 5.41) is 1.98. The average molecular weight is 236 g/mol.